The highest BCUT2D eigenvalue weighted by Gasteiger charge is 2.16. The Morgan fingerprint density at radius 3 is 2.65 bits per heavy atom. The molecule has 0 spiro atoms. The van der Waals surface area contributed by atoms with Gasteiger partial charge in [-0.05, 0) is 30.7 Å². The highest BCUT2D eigenvalue weighted by Crippen LogP contribution is 2.32. The number of benzene rings is 2. The number of nitrogens with one attached hydrogen (secondary N) is 1. The zero-order chi connectivity index (χ0) is 16.2. The lowest BCUT2D eigenvalue weighted by Crippen LogP contribution is -2.25. The molecule has 2 atom stereocenters. The van der Waals surface area contributed by atoms with Crippen molar-refractivity contribution in [2.24, 2.45) is 0 Å². The van der Waals surface area contributed by atoms with Crippen LogP contribution < -0.4 is 14.8 Å². The summed E-state index contributed by atoms with van der Waals surface area (Å²) in [6.07, 6.45) is -0.893. The minimum Gasteiger partial charge on any atom is -0.486 e. The van der Waals surface area contributed by atoms with Gasteiger partial charge in [-0.15, -0.1) is 0 Å². The molecule has 0 saturated carbocycles. The first kappa shape index (κ1) is 15.8. The van der Waals surface area contributed by atoms with Crippen LogP contribution in [0.2, 0.25) is 0 Å². The van der Waals surface area contributed by atoms with Crippen molar-refractivity contribution in [3.63, 3.8) is 0 Å². The molecule has 2 N–H and O–H groups in total. The van der Waals surface area contributed by atoms with Crippen LogP contribution in [0.3, 0.4) is 0 Å². The number of fused-ring (bicyclic) bond motifs is 1. The number of rotatable bonds is 5. The Balaban J connectivity index is 1.63. The number of halogens is 1. The lowest BCUT2D eigenvalue weighted by Gasteiger charge is -2.22. The summed E-state index contributed by atoms with van der Waals surface area (Å²) in [5, 5.41) is 13.4. The van der Waals surface area contributed by atoms with Crippen LogP contribution in [-0.2, 0) is 0 Å². The lowest BCUT2D eigenvalue weighted by atomic mass is 10.1. The molecular weight excluding hydrogens is 297 g/mol. The molecule has 2 unspecified atom stereocenters. The van der Waals surface area contributed by atoms with Crippen molar-refractivity contribution in [1.29, 1.82) is 0 Å². The summed E-state index contributed by atoms with van der Waals surface area (Å²) < 4.78 is 24.7. The molecule has 0 aliphatic carbocycles. The van der Waals surface area contributed by atoms with E-state index in [4.69, 9.17) is 9.47 Å². The molecule has 5 heteroatoms. The Morgan fingerprint density at radius 2 is 1.87 bits per heavy atom. The van der Waals surface area contributed by atoms with Crippen LogP contribution >= 0.6 is 0 Å². The highest BCUT2D eigenvalue weighted by atomic mass is 19.1. The van der Waals surface area contributed by atoms with E-state index in [1.54, 1.807) is 18.2 Å². The average molecular weight is 317 g/mol. The third-order valence-corrected chi connectivity index (χ3v) is 3.95. The summed E-state index contributed by atoms with van der Waals surface area (Å²) >= 11 is 0. The Morgan fingerprint density at radius 1 is 1.13 bits per heavy atom. The number of hydrogen-bond donors (Lipinski definition) is 2. The fourth-order valence-corrected chi connectivity index (χ4v) is 2.59. The first-order valence-corrected chi connectivity index (χ1v) is 7.70. The van der Waals surface area contributed by atoms with E-state index in [9.17, 15) is 9.50 Å². The fourth-order valence-electron chi connectivity index (χ4n) is 2.59. The van der Waals surface area contributed by atoms with E-state index in [0.717, 1.165) is 17.1 Å². The lowest BCUT2D eigenvalue weighted by molar-refractivity contribution is 0.165. The third-order valence-electron chi connectivity index (χ3n) is 3.95. The number of hydrogen-bond acceptors (Lipinski definition) is 4. The molecule has 1 aliphatic heterocycles. The third kappa shape index (κ3) is 3.63. The van der Waals surface area contributed by atoms with Crippen molar-refractivity contribution >= 4 is 0 Å². The van der Waals surface area contributed by atoms with Crippen molar-refractivity contribution in [2.45, 2.75) is 19.1 Å². The second-order valence-corrected chi connectivity index (χ2v) is 5.57. The molecule has 1 heterocycles. The van der Waals surface area contributed by atoms with Gasteiger partial charge in [-0.1, -0.05) is 24.3 Å². The van der Waals surface area contributed by atoms with Gasteiger partial charge in [0, 0.05) is 18.2 Å². The van der Waals surface area contributed by atoms with Gasteiger partial charge in [-0.3, -0.25) is 0 Å². The maximum atomic E-state index is 13.7. The van der Waals surface area contributed by atoms with E-state index in [2.05, 4.69) is 5.32 Å². The van der Waals surface area contributed by atoms with Crippen molar-refractivity contribution in [3.05, 3.63) is 59.4 Å². The molecule has 122 valence electrons. The predicted molar refractivity (Wildman–Crippen MR) is 85.2 cm³/mol. The monoisotopic (exact) mass is 317 g/mol. The Kier molecular flexibility index (Phi) is 4.79. The van der Waals surface area contributed by atoms with Gasteiger partial charge < -0.3 is 19.9 Å². The predicted octanol–water partition coefficient (Wildman–Crippen LogP) is 2.98. The summed E-state index contributed by atoms with van der Waals surface area (Å²) in [4.78, 5) is 0. The van der Waals surface area contributed by atoms with Gasteiger partial charge in [-0.2, -0.15) is 0 Å². The minimum absolute atomic E-state index is 0.00718. The smallest absolute Gasteiger partial charge is 0.161 e. The number of aliphatic hydroxyl groups excluding tert-OH is 1. The summed E-state index contributed by atoms with van der Waals surface area (Å²) in [5.74, 6) is 1.09. The number of aliphatic hydroxyl groups is 1. The van der Waals surface area contributed by atoms with Crippen LogP contribution in [0, 0.1) is 5.82 Å². The quantitative estimate of drug-likeness (QED) is 0.890. The maximum Gasteiger partial charge on any atom is 0.161 e. The van der Waals surface area contributed by atoms with E-state index in [1.165, 1.54) is 6.07 Å². The van der Waals surface area contributed by atoms with Crippen LogP contribution in [0.1, 0.15) is 30.2 Å². The van der Waals surface area contributed by atoms with Crippen molar-refractivity contribution in [1.82, 2.24) is 5.32 Å². The molecule has 1 aliphatic rings. The molecule has 4 nitrogen and oxygen atoms in total. The summed E-state index contributed by atoms with van der Waals surface area (Å²) in [6.45, 7) is 3.36. The van der Waals surface area contributed by atoms with Crippen LogP contribution in [0.4, 0.5) is 4.39 Å². The van der Waals surface area contributed by atoms with Gasteiger partial charge in [0.2, 0.25) is 0 Å². The zero-order valence-electron chi connectivity index (χ0n) is 13.0. The van der Waals surface area contributed by atoms with Gasteiger partial charge in [0.25, 0.3) is 0 Å². The van der Waals surface area contributed by atoms with E-state index < -0.39 is 11.9 Å². The van der Waals surface area contributed by atoms with E-state index in [0.29, 0.717) is 18.8 Å². The summed E-state index contributed by atoms with van der Waals surface area (Å²) in [5.41, 5.74) is 1.32. The molecule has 0 saturated heterocycles. The normalized spacial score (nSPS) is 16.0. The molecule has 23 heavy (non-hydrogen) atoms. The van der Waals surface area contributed by atoms with Crippen molar-refractivity contribution in [3.8, 4) is 11.5 Å². The second kappa shape index (κ2) is 6.98. The maximum absolute atomic E-state index is 13.7. The molecule has 0 aromatic heterocycles. The molecule has 0 radical (unpaired) electrons. The zero-order valence-corrected chi connectivity index (χ0v) is 13.0. The molecule has 0 bridgehead atoms. The Labute approximate surface area is 134 Å². The SMILES string of the molecule is CC(NCC(O)c1ccccc1F)c1ccc2c(c1)OCCO2. The first-order chi connectivity index (χ1) is 11.1. The van der Waals surface area contributed by atoms with Gasteiger partial charge in [0.05, 0.1) is 6.10 Å². The van der Waals surface area contributed by atoms with Gasteiger partial charge in [-0.25, -0.2) is 4.39 Å². The summed E-state index contributed by atoms with van der Waals surface area (Å²) in [6, 6.07) is 12.0. The Hall–Kier alpha value is -2.11. The van der Waals surface area contributed by atoms with Crippen molar-refractivity contribution < 1.29 is 19.0 Å². The van der Waals surface area contributed by atoms with Gasteiger partial charge in [0.15, 0.2) is 11.5 Å². The average Bonchev–Trinajstić information content (AvgIpc) is 2.59. The summed E-state index contributed by atoms with van der Waals surface area (Å²) in [7, 11) is 0. The van der Waals surface area contributed by atoms with Crippen LogP contribution in [-0.4, -0.2) is 24.9 Å². The van der Waals surface area contributed by atoms with E-state index in [1.807, 2.05) is 25.1 Å². The fraction of sp³-hybridized carbons (Fsp3) is 0.333. The van der Waals surface area contributed by atoms with E-state index in [-0.39, 0.29) is 12.6 Å². The van der Waals surface area contributed by atoms with Crippen LogP contribution in [0.15, 0.2) is 42.5 Å². The van der Waals surface area contributed by atoms with Crippen LogP contribution in [0.25, 0.3) is 0 Å². The molecule has 0 fully saturated rings. The highest BCUT2D eigenvalue weighted by molar-refractivity contribution is 5.44. The standard InChI is InChI=1S/C18H20FNO3/c1-12(13-6-7-17-18(10-13)23-9-8-22-17)20-11-16(21)14-4-2-3-5-15(14)19/h2-7,10,12,16,20-21H,8-9,11H2,1H3. The topological polar surface area (TPSA) is 50.7 Å². The molecule has 2 aromatic rings. The van der Waals surface area contributed by atoms with Crippen molar-refractivity contribution in [2.75, 3.05) is 19.8 Å². The number of ether oxygens (including phenoxy) is 2. The molecule has 2 aromatic carbocycles. The molecule has 3 rings (SSSR count). The molecule has 0 amide bonds. The molecular formula is C18H20FNO3. The minimum atomic E-state index is -0.893. The largest absolute Gasteiger partial charge is 0.486 e. The van der Waals surface area contributed by atoms with Gasteiger partial charge in [0.1, 0.15) is 19.0 Å². The Bertz CT molecular complexity index is 677. The van der Waals surface area contributed by atoms with E-state index >= 15 is 0 Å². The second-order valence-electron chi connectivity index (χ2n) is 5.57. The van der Waals surface area contributed by atoms with Crippen LogP contribution in [0.5, 0.6) is 11.5 Å². The first-order valence-electron chi connectivity index (χ1n) is 7.70. The van der Waals surface area contributed by atoms with Gasteiger partial charge >= 0.3 is 0 Å².